The molecule has 2 heteroatoms. The van der Waals surface area contributed by atoms with Gasteiger partial charge in [0.1, 0.15) is 5.76 Å². The number of furan rings is 1. The minimum atomic E-state index is 0.253. The molecule has 0 unspecified atom stereocenters. The molecule has 1 fully saturated rings. The van der Waals surface area contributed by atoms with Gasteiger partial charge in [0.15, 0.2) is 0 Å². The van der Waals surface area contributed by atoms with E-state index in [1.54, 1.807) is 6.26 Å². The molecule has 0 bridgehead atoms. The molecule has 1 aromatic heterocycles. The molecule has 2 aromatic rings. The first kappa shape index (κ1) is 11.5. The molecule has 0 spiro atoms. The zero-order valence-corrected chi connectivity index (χ0v) is 10.7. The Morgan fingerprint density at radius 1 is 1.22 bits per heavy atom. The van der Waals surface area contributed by atoms with Gasteiger partial charge in [-0.2, -0.15) is 0 Å². The summed E-state index contributed by atoms with van der Waals surface area (Å²) in [7, 11) is 0. The van der Waals surface area contributed by atoms with Crippen LogP contribution in [0.4, 0.5) is 0 Å². The predicted octanol–water partition coefficient (Wildman–Crippen LogP) is 4.01. The molecule has 3 rings (SSSR count). The molecule has 0 radical (unpaired) electrons. The first-order valence-electron chi connectivity index (χ1n) is 6.68. The summed E-state index contributed by atoms with van der Waals surface area (Å²) < 4.78 is 5.38. The van der Waals surface area contributed by atoms with Gasteiger partial charge < -0.3 is 9.73 Å². The second kappa shape index (κ2) is 4.99. The van der Waals surface area contributed by atoms with E-state index in [0.29, 0.717) is 0 Å². The van der Waals surface area contributed by atoms with Gasteiger partial charge in [0, 0.05) is 6.54 Å². The van der Waals surface area contributed by atoms with Crippen LogP contribution in [-0.4, -0.2) is 0 Å². The van der Waals surface area contributed by atoms with Crippen molar-refractivity contribution in [3.63, 3.8) is 0 Å². The highest BCUT2D eigenvalue weighted by molar-refractivity contribution is 5.28. The van der Waals surface area contributed by atoms with Crippen molar-refractivity contribution in [1.29, 1.82) is 0 Å². The smallest absolute Gasteiger partial charge is 0.120 e. The molecule has 0 aliphatic heterocycles. The second-order valence-electron chi connectivity index (χ2n) is 5.13. The maximum atomic E-state index is 5.38. The molecule has 94 valence electrons. The van der Waals surface area contributed by atoms with Crippen molar-refractivity contribution in [2.75, 3.05) is 0 Å². The van der Waals surface area contributed by atoms with Crippen LogP contribution < -0.4 is 5.32 Å². The van der Waals surface area contributed by atoms with Gasteiger partial charge in [0.25, 0.3) is 0 Å². The van der Waals surface area contributed by atoms with Gasteiger partial charge in [0.05, 0.1) is 12.3 Å². The van der Waals surface area contributed by atoms with Gasteiger partial charge in [-0.05, 0) is 48.9 Å². The Hall–Kier alpha value is -1.54. The molecule has 0 saturated heterocycles. The third kappa shape index (κ3) is 2.65. The topological polar surface area (TPSA) is 25.2 Å². The van der Waals surface area contributed by atoms with E-state index in [4.69, 9.17) is 4.42 Å². The summed E-state index contributed by atoms with van der Waals surface area (Å²) in [5.74, 6) is 1.83. The fourth-order valence-corrected chi connectivity index (χ4v) is 2.23. The summed E-state index contributed by atoms with van der Waals surface area (Å²) in [5.41, 5.74) is 2.83. The largest absolute Gasteiger partial charge is 0.468 e. The van der Waals surface area contributed by atoms with E-state index in [0.717, 1.165) is 18.2 Å². The summed E-state index contributed by atoms with van der Waals surface area (Å²) >= 11 is 0. The van der Waals surface area contributed by atoms with Gasteiger partial charge >= 0.3 is 0 Å². The van der Waals surface area contributed by atoms with E-state index < -0.39 is 0 Å². The zero-order chi connectivity index (χ0) is 12.4. The van der Waals surface area contributed by atoms with E-state index >= 15 is 0 Å². The third-order valence-electron chi connectivity index (χ3n) is 3.61. The number of benzene rings is 1. The van der Waals surface area contributed by atoms with Gasteiger partial charge in [0.2, 0.25) is 0 Å². The predicted molar refractivity (Wildman–Crippen MR) is 72.4 cm³/mol. The van der Waals surface area contributed by atoms with Crippen molar-refractivity contribution in [3.05, 3.63) is 59.5 Å². The molecular formula is C16H19NO. The Kier molecular flexibility index (Phi) is 3.20. The van der Waals surface area contributed by atoms with Gasteiger partial charge in [-0.1, -0.05) is 24.3 Å². The Morgan fingerprint density at radius 2 is 2.00 bits per heavy atom. The number of nitrogens with one attached hydrogen (secondary N) is 1. The Bertz CT molecular complexity index is 482. The van der Waals surface area contributed by atoms with Crippen molar-refractivity contribution in [1.82, 2.24) is 5.32 Å². The lowest BCUT2D eigenvalue weighted by molar-refractivity contribution is 0.430. The quantitative estimate of drug-likeness (QED) is 0.855. The maximum absolute atomic E-state index is 5.38. The zero-order valence-electron chi connectivity index (χ0n) is 10.7. The SMILES string of the molecule is C[C@@H](NCc1ccc(C2CC2)cc1)c1ccco1. The van der Waals surface area contributed by atoms with Crippen molar-refractivity contribution in [2.24, 2.45) is 0 Å². The van der Waals surface area contributed by atoms with Crippen LogP contribution in [0.15, 0.2) is 47.1 Å². The van der Waals surface area contributed by atoms with Crippen LogP contribution in [0.3, 0.4) is 0 Å². The molecule has 1 atom stereocenters. The van der Waals surface area contributed by atoms with Crippen molar-refractivity contribution < 1.29 is 4.42 Å². The van der Waals surface area contributed by atoms with Crippen LogP contribution in [-0.2, 0) is 6.54 Å². The monoisotopic (exact) mass is 241 g/mol. The van der Waals surface area contributed by atoms with Crippen LogP contribution in [0.2, 0.25) is 0 Å². The molecule has 1 heterocycles. The molecule has 1 saturated carbocycles. The lowest BCUT2D eigenvalue weighted by atomic mass is 10.1. The minimum Gasteiger partial charge on any atom is -0.468 e. The fraction of sp³-hybridized carbons (Fsp3) is 0.375. The van der Waals surface area contributed by atoms with Crippen LogP contribution >= 0.6 is 0 Å². The minimum absolute atomic E-state index is 0.253. The van der Waals surface area contributed by atoms with Crippen LogP contribution in [0.1, 0.15) is 48.6 Å². The third-order valence-corrected chi connectivity index (χ3v) is 3.61. The number of rotatable bonds is 5. The van der Waals surface area contributed by atoms with Crippen molar-refractivity contribution in [3.8, 4) is 0 Å². The van der Waals surface area contributed by atoms with Crippen LogP contribution in [0.5, 0.6) is 0 Å². The Balaban J connectivity index is 1.56. The van der Waals surface area contributed by atoms with E-state index in [2.05, 4.69) is 36.5 Å². The van der Waals surface area contributed by atoms with E-state index in [9.17, 15) is 0 Å². The fourth-order valence-electron chi connectivity index (χ4n) is 2.23. The number of hydrogen-bond donors (Lipinski definition) is 1. The molecule has 2 nitrogen and oxygen atoms in total. The standard InChI is InChI=1S/C16H19NO/c1-12(16-3-2-10-18-16)17-11-13-4-6-14(7-5-13)15-8-9-15/h2-7,10,12,15,17H,8-9,11H2,1H3/t12-/m1/s1. The number of hydrogen-bond acceptors (Lipinski definition) is 2. The van der Waals surface area contributed by atoms with Gasteiger partial charge in [-0.25, -0.2) is 0 Å². The van der Waals surface area contributed by atoms with Crippen molar-refractivity contribution in [2.45, 2.75) is 38.3 Å². The van der Waals surface area contributed by atoms with Crippen molar-refractivity contribution >= 4 is 0 Å². The van der Waals surface area contributed by atoms with Crippen LogP contribution in [0.25, 0.3) is 0 Å². The van der Waals surface area contributed by atoms with E-state index in [1.807, 2.05) is 12.1 Å². The Labute approximate surface area is 108 Å². The average molecular weight is 241 g/mol. The summed E-state index contributed by atoms with van der Waals surface area (Å²) in [6.07, 6.45) is 4.46. The summed E-state index contributed by atoms with van der Waals surface area (Å²) in [4.78, 5) is 0. The molecule has 1 aromatic carbocycles. The molecule has 1 aliphatic rings. The molecule has 0 amide bonds. The molecule has 1 N–H and O–H groups in total. The highest BCUT2D eigenvalue weighted by Gasteiger charge is 2.22. The molecular weight excluding hydrogens is 222 g/mol. The summed E-state index contributed by atoms with van der Waals surface area (Å²) in [6, 6.07) is 13.2. The maximum Gasteiger partial charge on any atom is 0.120 e. The second-order valence-corrected chi connectivity index (χ2v) is 5.13. The van der Waals surface area contributed by atoms with Crippen LogP contribution in [0, 0.1) is 0 Å². The van der Waals surface area contributed by atoms with Gasteiger partial charge in [-0.15, -0.1) is 0 Å². The van der Waals surface area contributed by atoms with E-state index in [-0.39, 0.29) is 6.04 Å². The van der Waals surface area contributed by atoms with E-state index in [1.165, 1.54) is 24.0 Å². The Morgan fingerprint density at radius 3 is 2.61 bits per heavy atom. The first-order chi connectivity index (χ1) is 8.83. The normalized spacial score (nSPS) is 16.7. The summed E-state index contributed by atoms with van der Waals surface area (Å²) in [5, 5.41) is 3.47. The average Bonchev–Trinajstić information content (AvgIpc) is 3.11. The lowest BCUT2D eigenvalue weighted by Crippen LogP contribution is -2.17. The summed E-state index contributed by atoms with van der Waals surface area (Å²) in [6.45, 7) is 3.00. The first-order valence-corrected chi connectivity index (χ1v) is 6.68. The van der Waals surface area contributed by atoms with Gasteiger partial charge in [-0.3, -0.25) is 0 Å². The highest BCUT2D eigenvalue weighted by atomic mass is 16.3. The highest BCUT2D eigenvalue weighted by Crippen LogP contribution is 2.39. The molecule has 18 heavy (non-hydrogen) atoms. The molecule has 1 aliphatic carbocycles. The lowest BCUT2D eigenvalue weighted by Gasteiger charge is -2.11.